The molecule has 0 aromatic heterocycles. The lowest BCUT2D eigenvalue weighted by atomic mass is 10.1. The van der Waals surface area contributed by atoms with Crippen molar-refractivity contribution in [2.75, 3.05) is 17.7 Å². The number of aryl methyl sites for hydroxylation is 2. The first-order valence-electron chi connectivity index (χ1n) is 6.13. The number of nitrogens with zero attached hydrogens (tertiary/aromatic N) is 2. The third-order valence-corrected chi connectivity index (χ3v) is 3.25. The molecule has 2 rings (SSSR count). The second-order valence-electron chi connectivity index (χ2n) is 4.73. The van der Waals surface area contributed by atoms with Gasteiger partial charge in [-0.3, -0.25) is 0 Å². The van der Waals surface area contributed by atoms with Gasteiger partial charge in [0.25, 0.3) is 0 Å². The van der Waals surface area contributed by atoms with Crippen molar-refractivity contribution < 1.29 is 0 Å². The summed E-state index contributed by atoms with van der Waals surface area (Å²) in [6.45, 7) is 4.13. The summed E-state index contributed by atoms with van der Waals surface area (Å²) in [5.41, 5.74) is 11.6. The zero-order chi connectivity index (χ0) is 14.0. The zero-order valence-corrected chi connectivity index (χ0v) is 11.4. The molecule has 0 aliphatic rings. The molecular formula is C16H17N3. The minimum absolute atomic E-state index is 0.612. The molecule has 2 aromatic carbocycles. The maximum atomic E-state index is 8.99. The lowest BCUT2D eigenvalue weighted by Gasteiger charge is -2.23. The maximum absolute atomic E-state index is 8.99. The molecule has 2 N–H and O–H groups in total. The second kappa shape index (κ2) is 5.03. The zero-order valence-electron chi connectivity index (χ0n) is 11.4. The standard InChI is InChI=1S/C16H17N3/c1-11-4-5-12(2)15(8-11)19(3)16-9-13(10-17)6-7-14(16)18/h4-9H,18H2,1-3H3. The van der Waals surface area contributed by atoms with E-state index in [2.05, 4.69) is 38.1 Å². The third-order valence-electron chi connectivity index (χ3n) is 3.25. The van der Waals surface area contributed by atoms with E-state index in [4.69, 9.17) is 11.0 Å². The highest BCUT2D eigenvalue weighted by Gasteiger charge is 2.11. The number of rotatable bonds is 2. The molecular weight excluding hydrogens is 234 g/mol. The number of anilines is 3. The summed E-state index contributed by atoms with van der Waals surface area (Å²) in [5.74, 6) is 0. The Morgan fingerprint density at radius 2 is 1.79 bits per heavy atom. The Labute approximate surface area is 113 Å². The van der Waals surface area contributed by atoms with Crippen molar-refractivity contribution in [2.24, 2.45) is 0 Å². The minimum atomic E-state index is 0.612. The Kier molecular flexibility index (Phi) is 3.43. The Morgan fingerprint density at radius 3 is 2.47 bits per heavy atom. The van der Waals surface area contributed by atoms with E-state index in [9.17, 15) is 0 Å². The van der Waals surface area contributed by atoms with Crippen LogP contribution in [-0.2, 0) is 0 Å². The SMILES string of the molecule is Cc1ccc(C)c(N(C)c2cc(C#N)ccc2N)c1. The lowest BCUT2D eigenvalue weighted by Crippen LogP contribution is -2.13. The summed E-state index contributed by atoms with van der Waals surface area (Å²) in [6, 6.07) is 13.8. The molecule has 0 fully saturated rings. The lowest BCUT2D eigenvalue weighted by molar-refractivity contribution is 1.18. The number of benzene rings is 2. The molecule has 0 radical (unpaired) electrons. The molecule has 0 unspecified atom stereocenters. The molecule has 0 atom stereocenters. The van der Waals surface area contributed by atoms with Crippen LogP contribution < -0.4 is 10.6 Å². The molecule has 3 nitrogen and oxygen atoms in total. The van der Waals surface area contributed by atoms with Crippen molar-refractivity contribution in [1.29, 1.82) is 5.26 Å². The van der Waals surface area contributed by atoms with Crippen molar-refractivity contribution in [2.45, 2.75) is 13.8 Å². The van der Waals surface area contributed by atoms with Crippen LogP contribution in [-0.4, -0.2) is 7.05 Å². The van der Waals surface area contributed by atoms with Gasteiger partial charge < -0.3 is 10.6 Å². The average Bonchev–Trinajstić information content (AvgIpc) is 2.41. The fraction of sp³-hybridized carbons (Fsp3) is 0.188. The van der Waals surface area contributed by atoms with Crippen LogP contribution in [0, 0.1) is 25.2 Å². The molecule has 0 saturated carbocycles. The summed E-state index contributed by atoms with van der Waals surface area (Å²) in [7, 11) is 1.97. The Bertz CT molecular complexity index is 654. The molecule has 0 aliphatic heterocycles. The van der Waals surface area contributed by atoms with E-state index in [0.29, 0.717) is 11.3 Å². The highest BCUT2D eigenvalue weighted by atomic mass is 15.1. The number of nitrogen functional groups attached to an aromatic ring is 1. The molecule has 19 heavy (non-hydrogen) atoms. The topological polar surface area (TPSA) is 53.0 Å². The van der Waals surface area contributed by atoms with Crippen molar-refractivity contribution in [3.8, 4) is 6.07 Å². The van der Waals surface area contributed by atoms with Crippen LogP contribution in [0.4, 0.5) is 17.1 Å². The van der Waals surface area contributed by atoms with Crippen LogP contribution in [0.25, 0.3) is 0 Å². The molecule has 2 aromatic rings. The smallest absolute Gasteiger partial charge is 0.0992 e. The van der Waals surface area contributed by atoms with E-state index in [-0.39, 0.29) is 0 Å². The molecule has 0 saturated heterocycles. The Balaban J connectivity index is 2.52. The monoisotopic (exact) mass is 251 g/mol. The first-order valence-corrected chi connectivity index (χ1v) is 6.13. The fourth-order valence-corrected chi connectivity index (χ4v) is 2.11. The van der Waals surface area contributed by atoms with E-state index in [1.165, 1.54) is 11.1 Å². The highest BCUT2D eigenvalue weighted by Crippen LogP contribution is 2.32. The van der Waals surface area contributed by atoms with Gasteiger partial charge in [0.1, 0.15) is 0 Å². The van der Waals surface area contributed by atoms with Gasteiger partial charge in [0, 0.05) is 12.7 Å². The normalized spacial score (nSPS) is 10.0. The van der Waals surface area contributed by atoms with Crippen LogP contribution in [0.3, 0.4) is 0 Å². The Hall–Kier alpha value is -2.47. The van der Waals surface area contributed by atoms with Gasteiger partial charge in [0.05, 0.1) is 23.0 Å². The van der Waals surface area contributed by atoms with E-state index in [1.54, 1.807) is 12.1 Å². The van der Waals surface area contributed by atoms with Crippen LogP contribution in [0.15, 0.2) is 36.4 Å². The van der Waals surface area contributed by atoms with Gasteiger partial charge >= 0.3 is 0 Å². The fourth-order valence-electron chi connectivity index (χ4n) is 2.11. The van der Waals surface area contributed by atoms with Gasteiger partial charge in [0.2, 0.25) is 0 Å². The van der Waals surface area contributed by atoms with E-state index in [0.717, 1.165) is 11.4 Å². The average molecular weight is 251 g/mol. The third kappa shape index (κ3) is 2.53. The van der Waals surface area contributed by atoms with Gasteiger partial charge in [-0.2, -0.15) is 5.26 Å². The van der Waals surface area contributed by atoms with Crippen LogP contribution in [0.5, 0.6) is 0 Å². The van der Waals surface area contributed by atoms with Crippen molar-refractivity contribution in [3.05, 3.63) is 53.1 Å². The van der Waals surface area contributed by atoms with Gasteiger partial charge in [-0.1, -0.05) is 12.1 Å². The van der Waals surface area contributed by atoms with Gasteiger partial charge in [-0.05, 0) is 49.2 Å². The molecule has 0 bridgehead atoms. The predicted molar refractivity (Wildman–Crippen MR) is 79.5 cm³/mol. The number of nitrogens with two attached hydrogens (primary N) is 1. The molecule has 96 valence electrons. The number of hydrogen-bond acceptors (Lipinski definition) is 3. The Morgan fingerprint density at radius 1 is 1.05 bits per heavy atom. The largest absolute Gasteiger partial charge is 0.397 e. The molecule has 0 heterocycles. The summed E-state index contributed by atoms with van der Waals surface area (Å²) in [4.78, 5) is 2.03. The van der Waals surface area contributed by atoms with Crippen LogP contribution in [0.2, 0.25) is 0 Å². The molecule has 0 aliphatic carbocycles. The quantitative estimate of drug-likeness (QED) is 0.831. The molecule has 0 spiro atoms. The van der Waals surface area contributed by atoms with E-state index >= 15 is 0 Å². The molecule has 3 heteroatoms. The van der Waals surface area contributed by atoms with Gasteiger partial charge in [-0.15, -0.1) is 0 Å². The van der Waals surface area contributed by atoms with Crippen LogP contribution in [0.1, 0.15) is 16.7 Å². The number of hydrogen-bond donors (Lipinski definition) is 1. The van der Waals surface area contributed by atoms with Crippen molar-refractivity contribution in [1.82, 2.24) is 0 Å². The summed E-state index contributed by atoms with van der Waals surface area (Å²) in [6.07, 6.45) is 0. The summed E-state index contributed by atoms with van der Waals surface area (Å²) < 4.78 is 0. The van der Waals surface area contributed by atoms with Crippen molar-refractivity contribution >= 4 is 17.1 Å². The van der Waals surface area contributed by atoms with Crippen molar-refractivity contribution in [3.63, 3.8) is 0 Å². The minimum Gasteiger partial charge on any atom is -0.397 e. The highest BCUT2D eigenvalue weighted by molar-refractivity contribution is 5.77. The number of nitriles is 1. The van der Waals surface area contributed by atoms with Gasteiger partial charge in [0.15, 0.2) is 0 Å². The molecule has 0 amide bonds. The first kappa shape index (κ1) is 13.0. The predicted octanol–water partition coefficient (Wildman–Crippen LogP) is 3.53. The second-order valence-corrected chi connectivity index (χ2v) is 4.73. The first-order chi connectivity index (χ1) is 9.02. The van der Waals surface area contributed by atoms with E-state index in [1.807, 2.05) is 18.0 Å². The van der Waals surface area contributed by atoms with Crippen LogP contribution >= 0.6 is 0 Å². The maximum Gasteiger partial charge on any atom is 0.0992 e. The van der Waals surface area contributed by atoms with E-state index < -0.39 is 0 Å². The summed E-state index contributed by atoms with van der Waals surface area (Å²) in [5, 5.41) is 8.99. The van der Waals surface area contributed by atoms with Gasteiger partial charge in [-0.25, -0.2) is 0 Å². The summed E-state index contributed by atoms with van der Waals surface area (Å²) >= 11 is 0.